The quantitative estimate of drug-likeness (QED) is 0.904. The Hall–Kier alpha value is -2.36. The van der Waals surface area contributed by atoms with E-state index in [9.17, 15) is 9.90 Å². The number of benzene rings is 1. The topological polar surface area (TPSA) is 53.4 Å². The Balaban J connectivity index is 1.86. The van der Waals surface area contributed by atoms with Gasteiger partial charge < -0.3 is 10.0 Å². The van der Waals surface area contributed by atoms with Gasteiger partial charge in [-0.3, -0.25) is 9.78 Å². The summed E-state index contributed by atoms with van der Waals surface area (Å²) in [5.74, 6) is 0.236. The highest BCUT2D eigenvalue weighted by Gasteiger charge is 2.10. The van der Waals surface area contributed by atoms with Crippen LogP contribution in [0, 0.1) is 0 Å². The highest BCUT2D eigenvalue weighted by Crippen LogP contribution is 2.12. The lowest BCUT2D eigenvalue weighted by atomic mass is 10.1. The van der Waals surface area contributed by atoms with E-state index in [0.29, 0.717) is 13.0 Å². The lowest BCUT2D eigenvalue weighted by Crippen LogP contribution is -2.30. The third kappa shape index (κ3) is 4.09. The van der Waals surface area contributed by atoms with Crippen molar-refractivity contribution in [1.82, 2.24) is 9.88 Å². The van der Waals surface area contributed by atoms with E-state index in [1.165, 1.54) is 0 Å². The highest BCUT2D eigenvalue weighted by atomic mass is 16.3. The summed E-state index contributed by atoms with van der Waals surface area (Å²) in [5, 5.41) is 9.39. The fraction of sp³-hybridized carbons (Fsp3) is 0.250. The zero-order chi connectivity index (χ0) is 14.4. The third-order valence-electron chi connectivity index (χ3n) is 3.18. The van der Waals surface area contributed by atoms with E-state index < -0.39 is 0 Å². The van der Waals surface area contributed by atoms with Gasteiger partial charge >= 0.3 is 0 Å². The van der Waals surface area contributed by atoms with Gasteiger partial charge in [-0.2, -0.15) is 0 Å². The lowest BCUT2D eigenvalue weighted by Gasteiger charge is -2.17. The Kier molecular flexibility index (Phi) is 4.71. The maximum Gasteiger partial charge on any atom is 0.226 e. The minimum absolute atomic E-state index is 0.0460. The van der Waals surface area contributed by atoms with Crippen LogP contribution in [0.3, 0.4) is 0 Å². The molecule has 0 saturated heterocycles. The predicted molar refractivity (Wildman–Crippen MR) is 77.4 cm³/mol. The zero-order valence-corrected chi connectivity index (χ0v) is 11.5. The summed E-state index contributed by atoms with van der Waals surface area (Å²) < 4.78 is 0. The van der Waals surface area contributed by atoms with Gasteiger partial charge in [-0.25, -0.2) is 0 Å². The monoisotopic (exact) mass is 270 g/mol. The number of nitrogens with zero attached hydrogens (tertiary/aromatic N) is 2. The van der Waals surface area contributed by atoms with Gasteiger partial charge in [-0.05, 0) is 41.8 Å². The molecule has 0 aliphatic carbocycles. The molecule has 0 aliphatic heterocycles. The molecule has 1 N–H and O–H groups in total. The Morgan fingerprint density at radius 2 is 1.95 bits per heavy atom. The van der Waals surface area contributed by atoms with Crippen LogP contribution in [-0.4, -0.2) is 34.5 Å². The van der Waals surface area contributed by atoms with Crippen LogP contribution in [0.4, 0.5) is 0 Å². The molecular weight excluding hydrogens is 252 g/mol. The number of hydrogen-bond acceptors (Lipinski definition) is 3. The summed E-state index contributed by atoms with van der Waals surface area (Å²) in [7, 11) is 1.80. The third-order valence-corrected chi connectivity index (χ3v) is 3.18. The van der Waals surface area contributed by atoms with Crippen LogP contribution in [0.5, 0.6) is 5.75 Å². The van der Waals surface area contributed by atoms with E-state index in [-0.39, 0.29) is 11.7 Å². The number of phenols is 1. The van der Waals surface area contributed by atoms with Crippen molar-refractivity contribution < 1.29 is 9.90 Å². The molecule has 0 unspecified atom stereocenters. The summed E-state index contributed by atoms with van der Waals surface area (Å²) in [6, 6.07) is 10.7. The second-order valence-electron chi connectivity index (χ2n) is 4.77. The Morgan fingerprint density at radius 1 is 1.20 bits per heavy atom. The zero-order valence-electron chi connectivity index (χ0n) is 11.5. The molecule has 2 aromatic rings. The average molecular weight is 270 g/mol. The van der Waals surface area contributed by atoms with Gasteiger partial charge in [0.25, 0.3) is 0 Å². The number of hydrogen-bond donors (Lipinski definition) is 1. The molecule has 0 saturated carbocycles. The highest BCUT2D eigenvalue weighted by molar-refractivity contribution is 5.78. The van der Waals surface area contributed by atoms with Crippen LogP contribution in [0.1, 0.15) is 11.1 Å². The second kappa shape index (κ2) is 6.70. The first-order valence-corrected chi connectivity index (χ1v) is 6.56. The van der Waals surface area contributed by atoms with Crippen molar-refractivity contribution in [3.63, 3.8) is 0 Å². The van der Waals surface area contributed by atoms with Crippen molar-refractivity contribution in [2.24, 2.45) is 0 Å². The van der Waals surface area contributed by atoms with Crippen LogP contribution in [0.25, 0.3) is 0 Å². The maximum absolute atomic E-state index is 12.1. The number of carbonyl (C=O) groups excluding carboxylic acids is 1. The summed E-state index contributed by atoms with van der Waals surface area (Å²) in [6.07, 6.45) is 4.62. The number of carbonyl (C=O) groups is 1. The summed E-state index contributed by atoms with van der Waals surface area (Å²) in [4.78, 5) is 17.8. The molecule has 4 heteroatoms. The van der Waals surface area contributed by atoms with Gasteiger partial charge in [0.15, 0.2) is 0 Å². The predicted octanol–water partition coefficient (Wildman–Crippen LogP) is 2.03. The number of amides is 1. The Morgan fingerprint density at radius 3 is 2.65 bits per heavy atom. The number of aromatic nitrogens is 1. The molecule has 104 valence electrons. The van der Waals surface area contributed by atoms with Crippen LogP contribution in [-0.2, 0) is 17.6 Å². The molecule has 0 radical (unpaired) electrons. The molecule has 1 aromatic heterocycles. The molecular formula is C16H18N2O2. The van der Waals surface area contributed by atoms with E-state index in [1.807, 2.05) is 18.2 Å². The lowest BCUT2D eigenvalue weighted by molar-refractivity contribution is -0.129. The molecule has 0 atom stereocenters. The molecule has 4 nitrogen and oxygen atoms in total. The molecule has 0 spiro atoms. The molecule has 1 heterocycles. The van der Waals surface area contributed by atoms with E-state index in [1.54, 1.807) is 42.5 Å². The SMILES string of the molecule is CN(CCc1ccncc1)C(=O)Cc1cccc(O)c1. The minimum Gasteiger partial charge on any atom is -0.508 e. The van der Waals surface area contributed by atoms with E-state index >= 15 is 0 Å². The van der Waals surface area contributed by atoms with Crippen molar-refractivity contribution in [3.8, 4) is 5.75 Å². The number of pyridine rings is 1. The smallest absolute Gasteiger partial charge is 0.226 e. The summed E-state index contributed by atoms with van der Waals surface area (Å²) >= 11 is 0. The summed E-state index contributed by atoms with van der Waals surface area (Å²) in [6.45, 7) is 0.668. The molecule has 20 heavy (non-hydrogen) atoms. The van der Waals surface area contributed by atoms with Gasteiger partial charge in [0.1, 0.15) is 5.75 Å². The maximum atomic E-state index is 12.1. The molecule has 0 bridgehead atoms. The van der Waals surface area contributed by atoms with Gasteiger partial charge in [0.05, 0.1) is 6.42 Å². The van der Waals surface area contributed by atoms with Crippen molar-refractivity contribution in [2.75, 3.05) is 13.6 Å². The van der Waals surface area contributed by atoms with Gasteiger partial charge in [-0.15, -0.1) is 0 Å². The van der Waals surface area contributed by atoms with Crippen molar-refractivity contribution in [1.29, 1.82) is 0 Å². The Labute approximate surface area is 118 Å². The average Bonchev–Trinajstić information content (AvgIpc) is 2.46. The Bertz CT molecular complexity index is 570. The van der Waals surface area contributed by atoms with Gasteiger partial charge in [0, 0.05) is 26.0 Å². The normalized spacial score (nSPS) is 10.2. The van der Waals surface area contributed by atoms with Crippen molar-refractivity contribution >= 4 is 5.91 Å². The molecule has 1 aromatic carbocycles. The molecule has 0 aliphatic rings. The van der Waals surface area contributed by atoms with Gasteiger partial charge in [0.2, 0.25) is 5.91 Å². The first kappa shape index (κ1) is 14.1. The first-order chi connectivity index (χ1) is 9.65. The first-order valence-electron chi connectivity index (χ1n) is 6.56. The molecule has 0 fully saturated rings. The molecule has 1 amide bonds. The number of aromatic hydroxyl groups is 1. The van der Waals surface area contributed by atoms with Crippen LogP contribution >= 0.6 is 0 Å². The number of phenolic OH excluding ortho intramolecular Hbond substituents is 1. The van der Waals surface area contributed by atoms with E-state index in [4.69, 9.17) is 0 Å². The van der Waals surface area contributed by atoms with Crippen LogP contribution in [0.2, 0.25) is 0 Å². The molecule has 2 rings (SSSR count). The van der Waals surface area contributed by atoms with Crippen molar-refractivity contribution in [2.45, 2.75) is 12.8 Å². The van der Waals surface area contributed by atoms with E-state index in [2.05, 4.69) is 4.98 Å². The van der Waals surface area contributed by atoms with E-state index in [0.717, 1.165) is 17.5 Å². The van der Waals surface area contributed by atoms with Crippen LogP contribution < -0.4 is 0 Å². The largest absolute Gasteiger partial charge is 0.508 e. The summed E-state index contributed by atoms with van der Waals surface area (Å²) in [5.41, 5.74) is 1.99. The standard InChI is InChI=1S/C16H18N2O2/c1-18(10-7-13-5-8-17-9-6-13)16(20)12-14-3-2-4-15(19)11-14/h2-6,8-9,11,19H,7,10,12H2,1H3. The van der Waals surface area contributed by atoms with Crippen molar-refractivity contribution in [3.05, 3.63) is 59.9 Å². The fourth-order valence-corrected chi connectivity index (χ4v) is 1.95. The fourth-order valence-electron chi connectivity index (χ4n) is 1.95. The number of rotatable bonds is 5. The second-order valence-corrected chi connectivity index (χ2v) is 4.77. The minimum atomic E-state index is 0.0460. The number of likely N-dealkylation sites (N-methyl/N-ethyl adjacent to an activating group) is 1. The van der Waals surface area contributed by atoms with Gasteiger partial charge in [-0.1, -0.05) is 12.1 Å². The van der Waals surface area contributed by atoms with Crippen LogP contribution in [0.15, 0.2) is 48.8 Å².